The van der Waals surface area contributed by atoms with Crippen LogP contribution in [0.25, 0.3) is 0 Å². The number of carbonyl (C=O) groups excluding carboxylic acids is 1. The van der Waals surface area contributed by atoms with Gasteiger partial charge < -0.3 is 10.6 Å². The summed E-state index contributed by atoms with van der Waals surface area (Å²) >= 11 is 0. The van der Waals surface area contributed by atoms with Crippen molar-refractivity contribution in [3.63, 3.8) is 0 Å². The molecule has 0 spiro atoms. The number of aromatic nitrogens is 2. The van der Waals surface area contributed by atoms with Gasteiger partial charge >= 0.3 is 0 Å². The molecule has 2 aromatic carbocycles. The summed E-state index contributed by atoms with van der Waals surface area (Å²) in [6, 6.07) is 15.5. The Morgan fingerprint density at radius 2 is 1.54 bits per heavy atom. The van der Waals surface area contributed by atoms with Crippen molar-refractivity contribution in [2.75, 3.05) is 10.6 Å². The first-order chi connectivity index (χ1) is 12.4. The second kappa shape index (κ2) is 7.35. The van der Waals surface area contributed by atoms with Crippen LogP contribution in [0.2, 0.25) is 0 Å². The summed E-state index contributed by atoms with van der Waals surface area (Å²) in [7, 11) is 0. The van der Waals surface area contributed by atoms with E-state index in [2.05, 4.69) is 26.7 Å². The molecule has 0 aliphatic heterocycles. The van der Waals surface area contributed by atoms with Gasteiger partial charge in [-0.2, -0.15) is 0 Å². The first-order valence-corrected chi connectivity index (χ1v) is 8.49. The summed E-state index contributed by atoms with van der Waals surface area (Å²) in [4.78, 5) is 21.3. The van der Waals surface area contributed by atoms with Gasteiger partial charge in [0.15, 0.2) is 0 Å². The van der Waals surface area contributed by atoms with Crippen LogP contribution < -0.4 is 10.6 Å². The molecular formula is C21H22N4O. The van der Waals surface area contributed by atoms with E-state index in [1.54, 1.807) is 6.07 Å². The lowest BCUT2D eigenvalue weighted by molar-refractivity contribution is 0.102. The fourth-order valence-electron chi connectivity index (χ4n) is 2.56. The lowest BCUT2D eigenvalue weighted by Crippen LogP contribution is -2.15. The number of nitrogens with zero attached hydrogens (tertiary/aromatic N) is 2. The van der Waals surface area contributed by atoms with Crippen molar-refractivity contribution in [3.8, 4) is 0 Å². The van der Waals surface area contributed by atoms with Crippen molar-refractivity contribution in [3.05, 3.63) is 76.6 Å². The van der Waals surface area contributed by atoms with Crippen molar-refractivity contribution in [1.82, 2.24) is 9.97 Å². The minimum atomic E-state index is -0.261. The zero-order valence-corrected chi connectivity index (χ0v) is 15.4. The van der Waals surface area contributed by atoms with Crippen molar-refractivity contribution in [1.29, 1.82) is 0 Å². The summed E-state index contributed by atoms with van der Waals surface area (Å²) < 4.78 is 0. The molecule has 0 unspecified atom stereocenters. The second-order valence-corrected chi connectivity index (χ2v) is 6.48. The van der Waals surface area contributed by atoms with Crippen LogP contribution in [0.5, 0.6) is 0 Å². The van der Waals surface area contributed by atoms with Gasteiger partial charge in [0.25, 0.3) is 5.91 Å². The molecule has 0 bridgehead atoms. The third-order valence-corrected chi connectivity index (χ3v) is 4.04. The lowest BCUT2D eigenvalue weighted by atomic mass is 10.1. The van der Waals surface area contributed by atoms with Crippen LogP contribution in [0.3, 0.4) is 0 Å². The van der Waals surface area contributed by atoms with Crippen LogP contribution in [0.15, 0.2) is 48.5 Å². The van der Waals surface area contributed by atoms with E-state index in [1.165, 1.54) is 0 Å². The van der Waals surface area contributed by atoms with Crippen LogP contribution >= 0.6 is 0 Å². The smallest absolute Gasteiger partial charge is 0.274 e. The zero-order chi connectivity index (χ0) is 18.7. The van der Waals surface area contributed by atoms with Crippen molar-refractivity contribution >= 4 is 23.2 Å². The predicted octanol–water partition coefficient (Wildman–Crippen LogP) is 4.71. The Labute approximate surface area is 153 Å². The van der Waals surface area contributed by atoms with Gasteiger partial charge in [-0.1, -0.05) is 29.8 Å². The second-order valence-electron chi connectivity index (χ2n) is 6.48. The van der Waals surface area contributed by atoms with E-state index < -0.39 is 0 Å². The molecule has 5 heteroatoms. The van der Waals surface area contributed by atoms with E-state index in [4.69, 9.17) is 0 Å². The molecule has 0 aliphatic rings. The molecule has 0 fully saturated rings. The standard InChI is InChI=1S/C21H22N4O/c1-13-6-9-17(10-7-13)23-20(26)19-12-16(4)22-21(25-19)24-18-11-14(2)5-8-15(18)3/h5-12H,1-4H3,(H,23,26)(H,22,24,25). The molecule has 0 aliphatic carbocycles. The molecule has 0 saturated heterocycles. The minimum absolute atomic E-state index is 0.261. The molecule has 0 atom stereocenters. The zero-order valence-electron chi connectivity index (χ0n) is 15.4. The van der Waals surface area contributed by atoms with E-state index in [0.29, 0.717) is 11.6 Å². The number of benzene rings is 2. The highest BCUT2D eigenvalue weighted by Gasteiger charge is 2.12. The maximum atomic E-state index is 12.5. The molecule has 26 heavy (non-hydrogen) atoms. The van der Waals surface area contributed by atoms with Gasteiger partial charge in [-0.25, -0.2) is 9.97 Å². The van der Waals surface area contributed by atoms with Gasteiger partial charge in [0, 0.05) is 17.1 Å². The van der Waals surface area contributed by atoms with Gasteiger partial charge in [0.05, 0.1) is 0 Å². The number of aryl methyl sites for hydroxylation is 4. The van der Waals surface area contributed by atoms with Crippen LogP contribution in [0, 0.1) is 27.7 Å². The predicted molar refractivity (Wildman–Crippen MR) is 105 cm³/mol. The van der Waals surface area contributed by atoms with Crippen molar-refractivity contribution < 1.29 is 4.79 Å². The van der Waals surface area contributed by atoms with Gasteiger partial charge in [-0.3, -0.25) is 4.79 Å². The van der Waals surface area contributed by atoms with E-state index in [1.807, 2.05) is 64.1 Å². The van der Waals surface area contributed by atoms with Crippen molar-refractivity contribution in [2.45, 2.75) is 27.7 Å². The highest BCUT2D eigenvalue weighted by atomic mass is 16.1. The number of hydrogen-bond acceptors (Lipinski definition) is 4. The van der Waals surface area contributed by atoms with Crippen LogP contribution in [-0.2, 0) is 0 Å². The highest BCUT2D eigenvalue weighted by molar-refractivity contribution is 6.03. The van der Waals surface area contributed by atoms with Crippen LogP contribution in [0.4, 0.5) is 17.3 Å². The summed E-state index contributed by atoms with van der Waals surface area (Å²) in [5, 5.41) is 6.09. The number of carbonyl (C=O) groups is 1. The molecule has 0 radical (unpaired) electrons. The fourth-order valence-corrected chi connectivity index (χ4v) is 2.56. The monoisotopic (exact) mass is 346 g/mol. The van der Waals surface area contributed by atoms with Gasteiger partial charge in [0.2, 0.25) is 5.95 Å². The van der Waals surface area contributed by atoms with Gasteiger partial charge in [-0.15, -0.1) is 0 Å². The Morgan fingerprint density at radius 1 is 0.846 bits per heavy atom. The average molecular weight is 346 g/mol. The molecule has 1 aromatic heterocycles. The first kappa shape index (κ1) is 17.6. The van der Waals surface area contributed by atoms with E-state index in [0.717, 1.165) is 33.8 Å². The summed E-state index contributed by atoms with van der Waals surface area (Å²) in [5.74, 6) is 0.149. The Morgan fingerprint density at radius 3 is 2.27 bits per heavy atom. The van der Waals surface area contributed by atoms with Crippen molar-refractivity contribution in [2.24, 2.45) is 0 Å². The summed E-state index contributed by atoms with van der Waals surface area (Å²) in [6.07, 6.45) is 0. The quantitative estimate of drug-likeness (QED) is 0.718. The number of amides is 1. The number of anilines is 3. The molecule has 1 amide bonds. The van der Waals surface area contributed by atoms with Gasteiger partial charge in [0.1, 0.15) is 5.69 Å². The van der Waals surface area contributed by atoms with E-state index in [9.17, 15) is 4.79 Å². The lowest BCUT2D eigenvalue weighted by Gasteiger charge is -2.11. The maximum Gasteiger partial charge on any atom is 0.274 e. The Hall–Kier alpha value is -3.21. The third kappa shape index (κ3) is 4.25. The SMILES string of the molecule is Cc1ccc(NC(=O)c2cc(C)nc(Nc3cc(C)ccc3C)n2)cc1. The molecule has 0 saturated carbocycles. The first-order valence-electron chi connectivity index (χ1n) is 8.49. The fraction of sp³-hybridized carbons (Fsp3) is 0.190. The Balaban J connectivity index is 1.83. The van der Waals surface area contributed by atoms with Crippen LogP contribution in [-0.4, -0.2) is 15.9 Å². The Kier molecular flexibility index (Phi) is 4.98. The molecule has 2 N–H and O–H groups in total. The molecule has 1 heterocycles. The average Bonchev–Trinajstić information content (AvgIpc) is 2.59. The summed E-state index contributed by atoms with van der Waals surface area (Å²) in [6.45, 7) is 7.90. The number of rotatable bonds is 4. The van der Waals surface area contributed by atoms with E-state index in [-0.39, 0.29) is 5.91 Å². The molecule has 3 rings (SSSR count). The topological polar surface area (TPSA) is 66.9 Å². The highest BCUT2D eigenvalue weighted by Crippen LogP contribution is 2.20. The largest absolute Gasteiger partial charge is 0.324 e. The molecule has 5 nitrogen and oxygen atoms in total. The van der Waals surface area contributed by atoms with E-state index >= 15 is 0 Å². The number of hydrogen-bond donors (Lipinski definition) is 2. The minimum Gasteiger partial charge on any atom is -0.324 e. The van der Waals surface area contributed by atoms with Crippen LogP contribution in [0.1, 0.15) is 32.9 Å². The third-order valence-electron chi connectivity index (χ3n) is 4.04. The molecular weight excluding hydrogens is 324 g/mol. The molecule has 3 aromatic rings. The van der Waals surface area contributed by atoms with Gasteiger partial charge in [-0.05, 0) is 63.1 Å². The maximum absolute atomic E-state index is 12.5. The number of nitrogens with one attached hydrogen (secondary N) is 2. The molecule has 132 valence electrons. The normalized spacial score (nSPS) is 10.5. The Bertz CT molecular complexity index is 949. The summed E-state index contributed by atoms with van der Waals surface area (Å²) in [5.41, 5.74) is 6.09.